The molecule has 0 saturated carbocycles. The van der Waals surface area contributed by atoms with Crippen LogP contribution in [0.2, 0.25) is 0 Å². The zero-order valence-electron chi connectivity index (χ0n) is 14.0. The summed E-state index contributed by atoms with van der Waals surface area (Å²) in [5.41, 5.74) is 2.09. The molecule has 2 aromatic heterocycles. The third kappa shape index (κ3) is 3.00. The van der Waals surface area contributed by atoms with Crippen LogP contribution in [0.5, 0.6) is 0 Å². The van der Waals surface area contributed by atoms with Crippen LogP contribution in [0.4, 0.5) is 0 Å². The van der Waals surface area contributed by atoms with Gasteiger partial charge in [-0.15, -0.1) is 0 Å². The molecule has 1 N–H and O–H groups in total. The van der Waals surface area contributed by atoms with Crippen LogP contribution >= 0.6 is 0 Å². The third-order valence-electron chi connectivity index (χ3n) is 5.47. The number of hydrogen-bond donors (Lipinski definition) is 1. The van der Waals surface area contributed by atoms with Gasteiger partial charge in [0.05, 0.1) is 6.04 Å². The van der Waals surface area contributed by atoms with Crippen molar-refractivity contribution in [3.8, 4) is 0 Å². The first-order chi connectivity index (χ1) is 11.3. The Balaban J connectivity index is 1.70. The summed E-state index contributed by atoms with van der Waals surface area (Å²) >= 11 is 0. The van der Waals surface area contributed by atoms with Gasteiger partial charge in [0, 0.05) is 18.8 Å². The van der Waals surface area contributed by atoms with Crippen molar-refractivity contribution in [2.24, 2.45) is 0 Å². The molecule has 2 aromatic rings. The Hall–Kier alpha value is -1.46. The molecule has 0 aliphatic carbocycles. The van der Waals surface area contributed by atoms with E-state index in [1.54, 1.807) is 0 Å². The van der Waals surface area contributed by atoms with Gasteiger partial charge in [-0.05, 0) is 58.0 Å². The molecule has 0 aromatic carbocycles. The lowest BCUT2D eigenvalue weighted by atomic mass is 10.0. The number of imidazole rings is 1. The van der Waals surface area contributed by atoms with Gasteiger partial charge in [0.2, 0.25) is 0 Å². The highest BCUT2D eigenvalue weighted by molar-refractivity contribution is 5.71. The van der Waals surface area contributed by atoms with Gasteiger partial charge in [0.15, 0.2) is 5.65 Å². The average Bonchev–Trinajstić information content (AvgIpc) is 2.96. The fourth-order valence-electron chi connectivity index (χ4n) is 4.08. The Labute approximate surface area is 138 Å². The molecule has 5 nitrogen and oxygen atoms in total. The molecule has 0 amide bonds. The Kier molecular flexibility index (Phi) is 4.31. The van der Waals surface area contributed by atoms with Gasteiger partial charge in [-0.25, -0.2) is 9.97 Å². The lowest BCUT2D eigenvalue weighted by Gasteiger charge is -2.33. The van der Waals surface area contributed by atoms with Gasteiger partial charge >= 0.3 is 0 Å². The second-order valence-electron chi connectivity index (χ2n) is 7.06. The van der Waals surface area contributed by atoms with Crippen molar-refractivity contribution in [2.75, 3.05) is 20.1 Å². The van der Waals surface area contributed by atoms with Crippen LogP contribution < -0.4 is 5.32 Å². The summed E-state index contributed by atoms with van der Waals surface area (Å²) in [7, 11) is 2.26. The van der Waals surface area contributed by atoms with Crippen molar-refractivity contribution in [1.29, 1.82) is 0 Å². The second kappa shape index (κ2) is 6.57. The normalized spacial score (nSPS) is 26.7. The maximum atomic E-state index is 4.95. The average molecular weight is 313 g/mol. The van der Waals surface area contributed by atoms with E-state index >= 15 is 0 Å². The lowest BCUT2D eigenvalue weighted by molar-refractivity contribution is 0.166. The minimum atomic E-state index is 0.381. The molecule has 2 unspecified atom stereocenters. The zero-order valence-corrected chi connectivity index (χ0v) is 14.0. The number of nitrogens with one attached hydrogen (secondary N) is 1. The first-order valence-corrected chi connectivity index (χ1v) is 9.08. The largest absolute Gasteiger partial charge is 0.310 e. The van der Waals surface area contributed by atoms with E-state index in [2.05, 4.69) is 32.9 Å². The molecule has 0 radical (unpaired) electrons. The monoisotopic (exact) mass is 313 g/mol. The van der Waals surface area contributed by atoms with E-state index in [1.807, 2.05) is 12.3 Å². The number of nitrogens with zero attached hydrogens (tertiary/aromatic N) is 4. The van der Waals surface area contributed by atoms with E-state index in [0.717, 1.165) is 24.3 Å². The lowest BCUT2D eigenvalue weighted by Crippen LogP contribution is -2.40. The molecular formula is C18H27N5. The predicted octanol–water partition coefficient (Wildman–Crippen LogP) is 2.73. The molecule has 5 heteroatoms. The first kappa shape index (κ1) is 15.1. The van der Waals surface area contributed by atoms with E-state index in [1.165, 1.54) is 50.9 Å². The Morgan fingerprint density at radius 1 is 1.22 bits per heavy atom. The van der Waals surface area contributed by atoms with Crippen LogP contribution in [-0.4, -0.2) is 45.6 Å². The molecule has 2 aliphatic rings. The third-order valence-corrected chi connectivity index (χ3v) is 5.47. The summed E-state index contributed by atoms with van der Waals surface area (Å²) in [6.07, 6.45) is 9.59. The van der Waals surface area contributed by atoms with Crippen molar-refractivity contribution >= 4 is 11.2 Å². The topological polar surface area (TPSA) is 46.0 Å². The molecule has 23 heavy (non-hydrogen) atoms. The Morgan fingerprint density at radius 3 is 2.96 bits per heavy atom. The quantitative estimate of drug-likeness (QED) is 0.946. The summed E-state index contributed by atoms with van der Waals surface area (Å²) in [5, 5.41) is 3.66. The number of rotatable bonds is 3. The molecule has 124 valence electrons. The van der Waals surface area contributed by atoms with E-state index in [4.69, 9.17) is 4.98 Å². The highest BCUT2D eigenvalue weighted by atomic mass is 15.2. The number of pyridine rings is 1. The van der Waals surface area contributed by atoms with Crippen molar-refractivity contribution in [2.45, 2.75) is 57.2 Å². The number of hydrogen-bond acceptors (Lipinski definition) is 4. The van der Waals surface area contributed by atoms with E-state index in [-0.39, 0.29) is 0 Å². The van der Waals surface area contributed by atoms with Crippen LogP contribution in [0, 0.1) is 0 Å². The fraction of sp³-hybridized carbons (Fsp3) is 0.667. The molecule has 2 atom stereocenters. The van der Waals surface area contributed by atoms with E-state index < -0.39 is 0 Å². The van der Waals surface area contributed by atoms with E-state index in [0.29, 0.717) is 12.1 Å². The summed E-state index contributed by atoms with van der Waals surface area (Å²) in [6, 6.07) is 5.07. The Morgan fingerprint density at radius 2 is 2.13 bits per heavy atom. The van der Waals surface area contributed by atoms with Crippen LogP contribution in [0.25, 0.3) is 11.2 Å². The minimum Gasteiger partial charge on any atom is -0.310 e. The highest BCUT2D eigenvalue weighted by Gasteiger charge is 2.26. The van der Waals surface area contributed by atoms with E-state index in [9.17, 15) is 0 Å². The SMILES string of the molecule is CN1CCCCC1Cn1c(C2CCCCN2)nc2cccnc21. The summed E-state index contributed by atoms with van der Waals surface area (Å²) in [4.78, 5) is 12.1. The molecule has 2 saturated heterocycles. The molecule has 0 bridgehead atoms. The van der Waals surface area contributed by atoms with Gasteiger partial charge in [-0.2, -0.15) is 0 Å². The molecule has 2 fully saturated rings. The van der Waals surface area contributed by atoms with Gasteiger partial charge in [0.25, 0.3) is 0 Å². The summed E-state index contributed by atoms with van der Waals surface area (Å²) < 4.78 is 2.39. The standard InChI is InChI=1S/C18H27N5/c1-22-12-5-3-7-14(22)13-23-17-16(9-6-11-20-17)21-18(23)15-8-2-4-10-19-15/h6,9,11,14-15,19H,2-5,7-8,10,12-13H2,1H3. The number of aromatic nitrogens is 3. The van der Waals surface area contributed by atoms with Gasteiger partial charge in [-0.1, -0.05) is 12.8 Å². The summed E-state index contributed by atoms with van der Waals surface area (Å²) in [5.74, 6) is 1.19. The minimum absolute atomic E-state index is 0.381. The first-order valence-electron chi connectivity index (χ1n) is 9.08. The van der Waals surface area contributed by atoms with Crippen LogP contribution in [0.3, 0.4) is 0 Å². The van der Waals surface area contributed by atoms with Crippen molar-refractivity contribution in [3.63, 3.8) is 0 Å². The van der Waals surface area contributed by atoms with Crippen LogP contribution in [0.1, 0.15) is 50.4 Å². The zero-order chi connectivity index (χ0) is 15.6. The predicted molar refractivity (Wildman–Crippen MR) is 92.4 cm³/mol. The fourth-order valence-corrected chi connectivity index (χ4v) is 4.08. The number of piperidine rings is 2. The molecular weight excluding hydrogens is 286 g/mol. The molecule has 0 spiro atoms. The number of fused-ring (bicyclic) bond motifs is 1. The van der Waals surface area contributed by atoms with Crippen LogP contribution in [0.15, 0.2) is 18.3 Å². The van der Waals surface area contributed by atoms with Gasteiger partial charge in [-0.3, -0.25) is 0 Å². The molecule has 4 heterocycles. The Bertz CT molecular complexity index is 658. The van der Waals surface area contributed by atoms with Gasteiger partial charge < -0.3 is 14.8 Å². The molecule has 4 rings (SSSR count). The summed E-state index contributed by atoms with van der Waals surface area (Å²) in [6.45, 7) is 3.32. The maximum absolute atomic E-state index is 4.95. The number of likely N-dealkylation sites (N-methyl/N-ethyl adjacent to an activating group) is 1. The van der Waals surface area contributed by atoms with Crippen LogP contribution in [-0.2, 0) is 6.54 Å². The smallest absolute Gasteiger partial charge is 0.160 e. The second-order valence-corrected chi connectivity index (χ2v) is 7.06. The van der Waals surface area contributed by atoms with Gasteiger partial charge in [0.1, 0.15) is 11.3 Å². The number of likely N-dealkylation sites (tertiary alicyclic amines) is 1. The van der Waals surface area contributed by atoms with Crippen molar-refractivity contribution in [3.05, 3.63) is 24.2 Å². The highest BCUT2D eigenvalue weighted by Crippen LogP contribution is 2.27. The van der Waals surface area contributed by atoms with Crippen molar-refractivity contribution < 1.29 is 0 Å². The van der Waals surface area contributed by atoms with Crippen molar-refractivity contribution in [1.82, 2.24) is 24.8 Å². The molecule has 2 aliphatic heterocycles. The maximum Gasteiger partial charge on any atom is 0.160 e.